The zero-order valence-corrected chi connectivity index (χ0v) is 21.3. The number of rotatable bonds is 6. The van der Waals surface area contributed by atoms with Crippen LogP contribution < -0.4 is 4.74 Å². The summed E-state index contributed by atoms with van der Waals surface area (Å²) in [6, 6.07) is 7.04. The molecule has 4 rings (SSSR count). The van der Waals surface area contributed by atoms with Gasteiger partial charge < -0.3 is 9.64 Å². The molecular weight excluding hydrogens is 538 g/mol. The second kappa shape index (κ2) is 10.1. The molecule has 0 aromatic heterocycles. The Morgan fingerprint density at radius 2 is 1.47 bits per heavy atom. The normalized spacial score (nSPS) is 21.0. The Bertz CT molecular complexity index is 1280. The number of benzene rings is 2. The largest absolute Gasteiger partial charge is 0.491 e. The van der Waals surface area contributed by atoms with E-state index in [1.165, 1.54) is 17.0 Å². The van der Waals surface area contributed by atoms with Crippen molar-refractivity contribution in [3.8, 4) is 5.75 Å². The van der Waals surface area contributed by atoms with Crippen molar-refractivity contribution >= 4 is 15.9 Å². The Balaban J connectivity index is 1.41. The molecule has 0 N–H and O–H groups in total. The summed E-state index contributed by atoms with van der Waals surface area (Å²) in [5.74, 6) is -1.06. The molecule has 13 heteroatoms. The quantitative estimate of drug-likeness (QED) is 0.456. The van der Waals surface area contributed by atoms with E-state index in [1.54, 1.807) is 13.8 Å². The number of sulfonamides is 1. The predicted octanol–water partition coefficient (Wildman–Crippen LogP) is 5.15. The Morgan fingerprint density at radius 3 is 2.00 bits per heavy atom. The lowest BCUT2D eigenvalue weighted by atomic mass is 10.1. The van der Waals surface area contributed by atoms with E-state index >= 15 is 0 Å². The minimum atomic E-state index is -4.78. The fraction of sp³-hybridized carbons (Fsp3) is 0.480. The van der Waals surface area contributed by atoms with Gasteiger partial charge in [-0.15, -0.1) is 0 Å². The molecule has 38 heavy (non-hydrogen) atoms. The molecule has 6 nitrogen and oxygen atoms in total. The Morgan fingerprint density at radius 1 is 0.895 bits per heavy atom. The second-order valence-electron chi connectivity index (χ2n) is 9.66. The summed E-state index contributed by atoms with van der Waals surface area (Å²) >= 11 is 0. The summed E-state index contributed by atoms with van der Waals surface area (Å²) in [7, 11) is -4.30. The van der Waals surface area contributed by atoms with Crippen LogP contribution in [-0.4, -0.2) is 55.8 Å². The number of hydrogen-bond donors (Lipinski definition) is 0. The van der Waals surface area contributed by atoms with Gasteiger partial charge in [-0.05, 0) is 56.0 Å². The molecule has 1 aliphatic carbocycles. The minimum Gasteiger partial charge on any atom is -0.491 e. The number of ether oxygens (including phenoxy) is 1. The minimum absolute atomic E-state index is 0.0443. The molecule has 1 amide bonds. The van der Waals surface area contributed by atoms with Crippen molar-refractivity contribution < 1.29 is 44.3 Å². The van der Waals surface area contributed by atoms with E-state index < -0.39 is 50.4 Å². The molecule has 1 heterocycles. The highest BCUT2D eigenvalue weighted by atomic mass is 32.2. The molecule has 208 valence electrons. The monoisotopic (exact) mass is 564 g/mol. The summed E-state index contributed by atoms with van der Waals surface area (Å²) in [4.78, 5) is 13.9. The summed E-state index contributed by atoms with van der Waals surface area (Å²) < 4.78 is 111. The van der Waals surface area contributed by atoms with Crippen LogP contribution in [0.15, 0.2) is 47.4 Å². The second-order valence-corrected chi connectivity index (χ2v) is 11.6. The van der Waals surface area contributed by atoms with Crippen LogP contribution >= 0.6 is 0 Å². The van der Waals surface area contributed by atoms with Gasteiger partial charge in [0, 0.05) is 38.2 Å². The zero-order chi connectivity index (χ0) is 28.0. The number of piperazine rings is 1. The lowest BCUT2D eigenvalue weighted by Crippen LogP contribution is -2.51. The Hall–Kier alpha value is -2.80. The first-order chi connectivity index (χ1) is 17.6. The molecule has 2 atom stereocenters. The smallest absolute Gasteiger partial charge is 0.416 e. The van der Waals surface area contributed by atoms with E-state index in [4.69, 9.17) is 4.74 Å². The van der Waals surface area contributed by atoms with Gasteiger partial charge in [-0.2, -0.15) is 30.6 Å². The zero-order valence-electron chi connectivity index (χ0n) is 20.5. The van der Waals surface area contributed by atoms with Gasteiger partial charge in [0.2, 0.25) is 15.9 Å². The third-order valence-corrected chi connectivity index (χ3v) is 8.42. The van der Waals surface area contributed by atoms with Crippen molar-refractivity contribution in [2.45, 2.75) is 49.5 Å². The first kappa shape index (κ1) is 28.2. The highest BCUT2D eigenvalue weighted by Crippen LogP contribution is 2.49. The van der Waals surface area contributed by atoms with Crippen molar-refractivity contribution in [2.75, 3.05) is 26.2 Å². The number of hydrogen-bond acceptors (Lipinski definition) is 4. The summed E-state index contributed by atoms with van der Waals surface area (Å²) in [5, 5.41) is 0. The van der Waals surface area contributed by atoms with Crippen LogP contribution in [0.25, 0.3) is 0 Å². The number of amides is 1. The first-order valence-corrected chi connectivity index (χ1v) is 13.4. The van der Waals surface area contributed by atoms with Crippen molar-refractivity contribution in [3.05, 3.63) is 59.2 Å². The molecule has 2 fully saturated rings. The molecule has 0 bridgehead atoms. The highest BCUT2D eigenvalue weighted by molar-refractivity contribution is 7.89. The third-order valence-electron chi connectivity index (χ3n) is 6.54. The number of nitrogens with zero attached hydrogens (tertiary/aromatic N) is 2. The van der Waals surface area contributed by atoms with Crippen LogP contribution in [-0.2, 0) is 27.2 Å². The molecule has 2 aromatic carbocycles. The molecule has 0 spiro atoms. The summed E-state index contributed by atoms with van der Waals surface area (Å²) in [6.07, 6.45) is -9.23. The average molecular weight is 565 g/mol. The summed E-state index contributed by atoms with van der Waals surface area (Å²) in [6.45, 7) is 3.08. The van der Waals surface area contributed by atoms with E-state index in [-0.39, 0.29) is 43.8 Å². The van der Waals surface area contributed by atoms with Gasteiger partial charge in [-0.3, -0.25) is 4.79 Å². The maximum atomic E-state index is 13.4. The van der Waals surface area contributed by atoms with Crippen LogP contribution in [0.3, 0.4) is 0 Å². The van der Waals surface area contributed by atoms with E-state index in [9.17, 15) is 39.6 Å². The van der Waals surface area contributed by atoms with Crippen molar-refractivity contribution in [1.29, 1.82) is 0 Å². The molecule has 2 aromatic rings. The number of alkyl halides is 6. The van der Waals surface area contributed by atoms with Gasteiger partial charge in [-0.1, -0.05) is 12.1 Å². The standard InChI is InChI=1S/C25H26F6N2O4S/c1-15(2)37-19-11-18(25(29,30)31)12-20(13-19)38(35,36)33-9-7-32(8-10-33)23(34)22-14-21(22)16-3-5-17(6-4-16)24(26,27)28/h3-6,11-13,15,21-22H,7-10,14H2,1-2H3/t21-,22+/m0/s1. The molecule has 0 unspecified atom stereocenters. The van der Waals surface area contributed by atoms with Gasteiger partial charge in [0.05, 0.1) is 22.1 Å². The third kappa shape index (κ3) is 6.09. The lowest BCUT2D eigenvalue weighted by molar-refractivity contribution is -0.138. The molecule has 0 radical (unpaired) electrons. The first-order valence-electron chi connectivity index (χ1n) is 11.9. The SMILES string of the molecule is CC(C)Oc1cc(C(F)(F)F)cc(S(=O)(=O)N2CCN(C(=O)[C@@H]3C[C@H]3c3ccc(C(F)(F)F)cc3)CC2)c1. The highest BCUT2D eigenvalue weighted by Gasteiger charge is 2.47. The maximum absolute atomic E-state index is 13.4. The molecule has 1 saturated heterocycles. The molecular formula is C25H26F6N2O4S. The van der Waals surface area contributed by atoms with E-state index in [2.05, 4.69) is 0 Å². The van der Waals surface area contributed by atoms with Crippen LogP contribution in [0, 0.1) is 5.92 Å². The topological polar surface area (TPSA) is 66.9 Å². The van der Waals surface area contributed by atoms with Crippen molar-refractivity contribution in [2.24, 2.45) is 5.92 Å². The molecule has 2 aliphatic rings. The fourth-order valence-electron chi connectivity index (χ4n) is 4.51. The van der Waals surface area contributed by atoms with Gasteiger partial charge in [0.15, 0.2) is 0 Å². The molecule has 1 saturated carbocycles. The van der Waals surface area contributed by atoms with E-state index in [0.717, 1.165) is 28.6 Å². The number of carbonyl (C=O) groups excluding carboxylic acids is 1. The average Bonchev–Trinajstić information content (AvgIpc) is 3.63. The Labute approximate surface area is 216 Å². The lowest BCUT2D eigenvalue weighted by Gasteiger charge is -2.34. The fourth-order valence-corrected chi connectivity index (χ4v) is 6.00. The van der Waals surface area contributed by atoms with Gasteiger partial charge in [0.1, 0.15) is 5.75 Å². The Kier molecular flexibility index (Phi) is 7.47. The van der Waals surface area contributed by atoms with E-state index in [0.29, 0.717) is 18.1 Å². The van der Waals surface area contributed by atoms with Gasteiger partial charge >= 0.3 is 12.4 Å². The van der Waals surface area contributed by atoms with Crippen LogP contribution in [0.5, 0.6) is 5.75 Å². The van der Waals surface area contributed by atoms with E-state index in [1.807, 2.05) is 0 Å². The van der Waals surface area contributed by atoms with Crippen LogP contribution in [0.4, 0.5) is 26.3 Å². The summed E-state index contributed by atoms with van der Waals surface area (Å²) in [5.41, 5.74) is -1.29. The van der Waals surface area contributed by atoms with Crippen molar-refractivity contribution in [1.82, 2.24) is 9.21 Å². The van der Waals surface area contributed by atoms with Crippen LogP contribution in [0.2, 0.25) is 0 Å². The number of carbonyl (C=O) groups is 1. The predicted molar refractivity (Wildman–Crippen MR) is 125 cm³/mol. The number of halogens is 6. The van der Waals surface area contributed by atoms with Crippen LogP contribution in [0.1, 0.15) is 42.9 Å². The molecule has 1 aliphatic heterocycles. The van der Waals surface area contributed by atoms with Gasteiger partial charge in [-0.25, -0.2) is 8.42 Å². The van der Waals surface area contributed by atoms with Crippen molar-refractivity contribution in [3.63, 3.8) is 0 Å². The van der Waals surface area contributed by atoms with Gasteiger partial charge in [0.25, 0.3) is 0 Å². The maximum Gasteiger partial charge on any atom is 0.416 e.